The van der Waals surface area contributed by atoms with E-state index in [0.717, 1.165) is 5.56 Å². The second-order valence-corrected chi connectivity index (χ2v) is 7.16. The van der Waals surface area contributed by atoms with E-state index in [9.17, 15) is 23.9 Å². The van der Waals surface area contributed by atoms with Crippen LogP contribution in [0.5, 0.6) is 0 Å². The van der Waals surface area contributed by atoms with Gasteiger partial charge in [-0.25, -0.2) is 9.18 Å². The number of hydrogen-bond acceptors (Lipinski definition) is 3. The van der Waals surface area contributed by atoms with E-state index in [-0.39, 0.29) is 24.2 Å². The SMILES string of the molecule is O=C(N[C@H](Cc1ccccc1)C(=O)O)C1CCN(C(=O)c2ccc(F)cc2)CC1. The summed E-state index contributed by atoms with van der Waals surface area (Å²) in [5, 5.41) is 12.1. The smallest absolute Gasteiger partial charge is 0.326 e. The molecule has 0 unspecified atom stereocenters. The van der Waals surface area contributed by atoms with Crippen molar-refractivity contribution in [1.82, 2.24) is 10.2 Å². The Hall–Kier alpha value is -3.22. The minimum Gasteiger partial charge on any atom is -0.480 e. The summed E-state index contributed by atoms with van der Waals surface area (Å²) in [4.78, 5) is 38.2. The van der Waals surface area contributed by atoms with Crippen LogP contribution in [0.1, 0.15) is 28.8 Å². The number of amides is 2. The van der Waals surface area contributed by atoms with Gasteiger partial charge in [0.15, 0.2) is 0 Å². The fourth-order valence-electron chi connectivity index (χ4n) is 3.46. The highest BCUT2D eigenvalue weighted by molar-refractivity contribution is 5.94. The summed E-state index contributed by atoms with van der Waals surface area (Å²) in [5.41, 5.74) is 1.24. The molecule has 1 heterocycles. The molecule has 0 aromatic heterocycles. The predicted molar refractivity (Wildman–Crippen MR) is 105 cm³/mol. The first-order valence-corrected chi connectivity index (χ1v) is 9.56. The molecule has 2 amide bonds. The molecule has 2 aromatic carbocycles. The van der Waals surface area contributed by atoms with Gasteiger partial charge in [-0.15, -0.1) is 0 Å². The van der Waals surface area contributed by atoms with Crippen molar-refractivity contribution in [3.8, 4) is 0 Å². The minimum absolute atomic E-state index is 0.198. The van der Waals surface area contributed by atoms with Crippen LogP contribution in [0, 0.1) is 11.7 Å². The van der Waals surface area contributed by atoms with Crippen molar-refractivity contribution in [1.29, 1.82) is 0 Å². The van der Waals surface area contributed by atoms with Crippen LogP contribution in [-0.2, 0) is 16.0 Å². The maximum atomic E-state index is 13.0. The van der Waals surface area contributed by atoms with E-state index in [4.69, 9.17) is 0 Å². The summed E-state index contributed by atoms with van der Waals surface area (Å²) in [5.74, 6) is -2.32. The van der Waals surface area contributed by atoms with E-state index < -0.39 is 17.8 Å². The van der Waals surface area contributed by atoms with Crippen LogP contribution in [0.4, 0.5) is 4.39 Å². The van der Waals surface area contributed by atoms with Crippen molar-refractivity contribution >= 4 is 17.8 Å². The number of nitrogens with one attached hydrogen (secondary N) is 1. The third kappa shape index (κ3) is 5.40. The monoisotopic (exact) mass is 398 g/mol. The molecule has 0 saturated carbocycles. The third-order valence-corrected chi connectivity index (χ3v) is 5.14. The van der Waals surface area contributed by atoms with E-state index in [1.54, 1.807) is 4.90 Å². The Bertz CT molecular complexity index is 862. The Labute approximate surface area is 168 Å². The normalized spacial score (nSPS) is 15.6. The Morgan fingerprint density at radius 3 is 2.24 bits per heavy atom. The third-order valence-electron chi connectivity index (χ3n) is 5.14. The predicted octanol–water partition coefficient (Wildman–Crippen LogP) is 2.49. The number of halogens is 1. The van der Waals surface area contributed by atoms with Gasteiger partial charge in [-0.1, -0.05) is 30.3 Å². The van der Waals surface area contributed by atoms with Gasteiger partial charge in [0, 0.05) is 31.0 Å². The first kappa shape index (κ1) is 20.5. The van der Waals surface area contributed by atoms with Gasteiger partial charge in [-0.3, -0.25) is 9.59 Å². The maximum absolute atomic E-state index is 13.0. The van der Waals surface area contributed by atoms with E-state index in [0.29, 0.717) is 31.5 Å². The molecule has 2 N–H and O–H groups in total. The molecule has 1 aliphatic rings. The second-order valence-electron chi connectivity index (χ2n) is 7.16. The highest BCUT2D eigenvalue weighted by atomic mass is 19.1. The Morgan fingerprint density at radius 2 is 1.66 bits per heavy atom. The number of carboxylic acids is 1. The second kappa shape index (κ2) is 9.32. The number of nitrogens with zero attached hydrogens (tertiary/aromatic N) is 1. The number of benzene rings is 2. The van der Waals surface area contributed by atoms with Crippen LogP contribution in [-0.4, -0.2) is 46.9 Å². The van der Waals surface area contributed by atoms with Crippen molar-refractivity contribution in [2.45, 2.75) is 25.3 Å². The lowest BCUT2D eigenvalue weighted by atomic mass is 9.94. The number of piperidine rings is 1. The lowest BCUT2D eigenvalue weighted by molar-refractivity contribution is -0.142. The van der Waals surface area contributed by atoms with Crippen molar-refractivity contribution in [3.63, 3.8) is 0 Å². The lowest BCUT2D eigenvalue weighted by Gasteiger charge is -2.32. The zero-order chi connectivity index (χ0) is 20.8. The van der Waals surface area contributed by atoms with Gasteiger partial charge in [0.05, 0.1) is 0 Å². The highest BCUT2D eigenvalue weighted by Gasteiger charge is 2.30. The summed E-state index contributed by atoms with van der Waals surface area (Å²) in [6, 6.07) is 13.5. The van der Waals surface area contributed by atoms with Gasteiger partial charge >= 0.3 is 5.97 Å². The highest BCUT2D eigenvalue weighted by Crippen LogP contribution is 2.20. The van der Waals surface area contributed by atoms with Gasteiger partial charge in [-0.2, -0.15) is 0 Å². The van der Waals surface area contributed by atoms with E-state index in [2.05, 4.69) is 5.32 Å². The molecular formula is C22H23FN2O4. The Morgan fingerprint density at radius 1 is 1.03 bits per heavy atom. The molecule has 6 nitrogen and oxygen atoms in total. The molecule has 1 fully saturated rings. The molecule has 0 aliphatic carbocycles. The molecule has 0 bridgehead atoms. The van der Waals surface area contributed by atoms with E-state index >= 15 is 0 Å². The van der Waals surface area contributed by atoms with Crippen molar-refractivity contribution in [2.24, 2.45) is 5.92 Å². The molecule has 0 spiro atoms. The van der Waals surface area contributed by atoms with Crippen molar-refractivity contribution in [2.75, 3.05) is 13.1 Å². The maximum Gasteiger partial charge on any atom is 0.326 e. The van der Waals surface area contributed by atoms with E-state index in [1.807, 2.05) is 30.3 Å². The standard InChI is InChI=1S/C22H23FN2O4/c23-18-8-6-17(7-9-18)21(27)25-12-10-16(11-13-25)20(26)24-19(22(28)29)14-15-4-2-1-3-5-15/h1-9,16,19H,10-14H2,(H,24,26)(H,28,29)/t19-/m1/s1. The van der Waals surface area contributed by atoms with E-state index in [1.165, 1.54) is 24.3 Å². The quantitative estimate of drug-likeness (QED) is 0.783. The number of carboxylic acid groups (broad SMARTS) is 1. The summed E-state index contributed by atoms with van der Waals surface area (Å²) < 4.78 is 13.0. The summed E-state index contributed by atoms with van der Waals surface area (Å²) in [6.07, 6.45) is 1.12. The van der Waals surface area contributed by atoms with Crippen molar-refractivity contribution < 1.29 is 23.9 Å². The molecule has 2 aromatic rings. The Balaban J connectivity index is 1.54. The van der Waals surface area contributed by atoms with Crippen LogP contribution in [0.15, 0.2) is 54.6 Å². The molecule has 0 radical (unpaired) electrons. The molecule has 1 saturated heterocycles. The number of rotatable bonds is 6. The summed E-state index contributed by atoms with van der Waals surface area (Å²) >= 11 is 0. The average Bonchev–Trinajstić information content (AvgIpc) is 2.74. The lowest BCUT2D eigenvalue weighted by Crippen LogP contribution is -2.48. The number of carbonyl (C=O) groups excluding carboxylic acids is 2. The molecule has 7 heteroatoms. The van der Waals surface area contributed by atoms with Crippen LogP contribution < -0.4 is 5.32 Å². The number of carbonyl (C=O) groups is 3. The fourth-order valence-corrected chi connectivity index (χ4v) is 3.46. The van der Waals surface area contributed by atoms with Crippen LogP contribution in [0.3, 0.4) is 0 Å². The fraction of sp³-hybridized carbons (Fsp3) is 0.318. The van der Waals surface area contributed by atoms with Crippen LogP contribution in [0.25, 0.3) is 0 Å². The number of likely N-dealkylation sites (tertiary alicyclic amines) is 1. The number of hydrogen-bond donors (Lipinski definition) is 2. The molecule has 1 aliphatic heterocycles. The average molecular weight is 398 g/mol. The largest absolute Gasteiger partial charge is 0.480 e. The minimum atomic E-state index is -1.08. The van der Waals surface area contributed by atoms with Crippen molar-refractivity contribution in [3.05, 3.63) is 71.5 Å². The topological polar surface area (TPSA) is 86.7 Å². The first-order chi connectivity index (χ1) is 13.9. The molecule has 3 rings (SSSR count). The molecule has 1 atom stereocenters. The zero-order valence-corrected chi connectivity index (χ0v) is 15.9. The number of aliphatic carboxylic acids is 1. The van der Waals surface area contributed by atoms with Gasteiger partial charge in [0.1, 0.15) is 11.9 Å². The summed E-state index contributed by atoms with van der Waals surface area (Å²) in [6.45, 7) is 0.787. The van der Waals surface area contributed by atoms with Gasteiger partial charge in [0.25, 0.3) is 5.91 Å². The van der Waals surface area contributed by atoms with Gasteiger partial charge < -0.3 is 15.3 Å². The summed E-state index contributed by atoms with van der Waals surface area (Å²) in [7, 11) is 0. The van der Waals surface area contributed by atoms with Crippen LogP contribution >= 0.6 is 0 Å². The van der Waals surface area contributed by atoms with Gasteiger partial charge in [-0.05, 0) is 42.7 Å². The van der Waals surface area contributed by atoms with Crippen LogP contribution in [0.2, 0.25) is 0 Å². The molecule has 152 valence electrons. The molecular weight excluding hydrogens is 375 g/mol. The molecule has 29 heavy (non-hydrogen) atoms. The Kier molecular flexibility index (Phi) is 6.59. The van der Waals surface area contributed by atoms with Gasteiger partial charge in [0.2, 0.25) is 5.91 Å². The zero-order valence-electron chi connectivity index (χ0n) is 15.9. The first-order valence-electron chi connectivity index (χ1n) is 9.56.